The number of amides is 1. The molecule has 0 aromatic heterocycles. The number of benzene rings is 2. The summed E-state index contributed by atoms with van der Waals surface area (Å²) in [6, 6.07) is 12.0. The van der Waals surface area contributed by atoms with Crippen molar-refractivity contribution < 1.29 is 19.1 Å². The van der Waals surface area contributed by atoms with Gasteiger partial charge in [0, 0.05) is 12.6 Å². The average molecular weight is 383 g/mol. The molecule has 1 saturated heterocycles. The number of carbonyl (C=O) groups is 2. The van der Waals surface area contributed by atoms with Crippen molar-refractivity contribution in [1.82, 2.24) is 4.90 Å². The van der Waals surface area contributed by atoms with Crippen LogP contribution in [-0.2, 0) is 14.3 Å². The normalized spacial score (nSPS) is 18.0. The molecular formula is C23H29NO4. The topological polar surface area (TPSA) is 55.8 Å². The molecule has 0 unspecified atom stereocenters. The third kappa shape index (κ3) is 4.46. The van der Waals surface area contributed by atoms with Gasteiger partial charge in [-0.25, -0.2) is 0 Å². The molecule has 5 heteroatoms. The van der Waals surface area contributed by atoms with Crippen molar-refractivity contribution in [2.75, 3.05) is 20.3 Å². The average Bonchev–Trinajstić information content (AvgIpc) is 2.75. The smallest absolute Gasteiger partial charge is 0.313 e. The summed E-state index contributed by atoms with van der Waals surface area (Å²) < 4.78 is 10.6. The largest absolute Gasteiger partial charge is 0.497 e. The zero-order chi connectivity index (χ0) is 20.1. The molecular weight excluding hydrogens is 354 g/mol. The lowest BCUT2D eigenvalue weighted by molar-refractivity contribution is -0.154. The molecule has 3 rings (SSSR count). The van der Waals surface area contributed by atoms with Crippen LogP contribution >= 0.6 is 0 Å². The van der Waals surface area contributed by atoms with Crippen LogP contribution < -0.4 is 4.74 Å². The van der Waals surface area contributed by atoms with Gasteiger partial charge in [0.1, 0.15) is 5.75 Å². The van der Waals surface area contributed by atoms with Crippen molar-refractivity contribution >= 4 is 22.6 Å². The fourth-order valence-corrected chi connectivity index (χ4v) is 3.87. The summed E-state index contributed by atoms with van der Waals surface area (Å²) in [6.45, 7) is 4.50. The zero-order valence-electron chi connectivity index (χ0n) is 16.9. The number of hydrogen-bond acceptors (Lipinski definition) is 4. The van der Waals surface area contributed by atoms with E-state index >= 15 is 0 Å². The fourth-order valence-electron chi connectivity index (χ4n) is 3.87. The second kappa shape index (κ2) is 9.09. The lowest BCUT2D eigenvalue weighted by Gasteiger charge is -2.35. The Morgan fingerprint density at radius 3 is 2.64 bits per heavy atom. The first-order chi connectivity index (χ1) is 13.5. The maximum Gasteiger partial charge on any atom is 0.313 e. The molecule has 0 bridgehead atoms. The minimum atomic E-state index is -0.428. The number of methoxy groups -OCH3 is 1. The molecule has 2 atom stereocenters. The number of esters is 1. The van der Waals surface area contributed by atoms with Gasteiger partial charge in [-0.2, -0.15) is 0 Å². The van der Waals surface area contributed by atoms with E-state index in [0.717, 1.165) is 54.3 Å². The molecule has 2 aromatic rings. The first kappa shape index (κ1) is 20.2. The summed E-state index contributed by atoms with van der Waals surface area (Å²) in [6.07, 6.45) is 4.16. The minimum Gasteiger partial charge on any atom is -0.497 e. The van der Waals surface area contributed by atoms with E-state index in [2.05, 4.69) is 6.92 Å². The number of hydrogen-bond donors (Lipinski definition) is 0. The first-order valence-electron chi connectivity index (χ1n) is 10.1. The van der Waals surface area contributed by atoms with Crippen molar-refractivity contribution in [3.8, 4) is 5.75 Å². The summed E-state index contributed by atoms with van der Waals surface area (Å²) >= 11 is 0. The van der Waals surface area contributed by atoms with Gasteiger partial charge in [-0.3, -0.25) is 9.59 Å². The van der Waals surface area contributed by atoms with Crippen LogP contribution in [0.1, 0.15) is 51.0 Å². The Kier molecular flexibility index (Phi) is 6.55. The maximum atomic E-state index is 12.5. The van der Waals surface area contributed by atoms with Crippen LogP contribution in [0.15, 0.2) is 36.4 Å². The quantitative estimate of drug-likeness (QED) is 0.699. The molecule has 1 amide bonds. The molecule has 1 heterocycles. The van der Waals surface area contributed by atoms with Gasteiger partial charge >= 0.3 is 5.97 Å². The predicted octanol–water partition coefficient (Wildman–Crippen LogP) is 4.29. The Labute approximate surface area is 166 Å². The van der Waals surface area contributed by atoms with Gasteiger partial charge < -0.3 is 14.4 Å². The summed E-state index contributed by atoms with van der Waals surface area (Å²) in [7, 11) is 1.64. The van der Waals surface area contributed by atoms with Crippen molar-refractivity contribution in [2.45, 2.75) is 51.5 Å². The van der Waals surface area contributed by atoms with Gasteiger partial charge in [-0.1, -0.05) is 31.2 Å². The highest BCUT2D eigenvalue weighted by Gasteiger charge is 2.26. The van der Waals surface area contributed by atoms with Gasteiger partial charge in [0.05, 0.1) is 13.0 Å². The molecule has 1 aliphatic heterocycles. The van der Waals surface area contributed by atoms with E-state index in [1.165, 1.54) is 0 Å². The van der Waals surface area contributed by atoms with Crippen molar-refractivity contribution in [1.29, 1.82) is 0 Å². The van der Waals surface area contributed by atoms with E-state index in [4.69, 9.17) is 9.47 Å². The second-order valence-electron chi connectivity index (χ2n) is 7.45. The molecule has 1 aliphatic rings. The molecule has 0 spiro atoms. The number of nitrogens with zero attached hydrogens (tertiary/aromatic N) is 1. The highest BCUT2D eigenvalue weighted by molar-refractivity contribution is 5.87. The molecule has 0 saturated carbocycles. The van der Waals surface area contributed by atoms with E-state index in [-0.39, 0.29) is 24.5 Å². The predicted molar refractivity (Wildman–Crippen MR) is 110 cm³/mol. The first-order valence-corrected chi connectivity index (χ1v) is 10.1. The van der Waals surface area contributed by atoms with Crippen LogP contribution in [0.2, 0.25) is 0 Å². The number of ether oxygens (including phenoxy) is 2. The zero-order valence-corrected chi connectivity index (χ0v) is 16.9. The van der Waals surface area contributed by atoms with E-state index in [1.54, 1.807) is 7.11 Å². The minimum absolute atomic E-state index is 0.0855. The molecule has 0 radical (unpaired) electrons. The number of rotatable bonds is 6. The molecule has 1 fully saturated rings. The number of likely N-dealkylation sites (tertiary alicyclic amines) is 1. The van der Waals surface area contributed by atoms with E-state index in [0.29, 0.717) is 0 Å². The number of carbonyl (C=O) groups excluding carboxylic acids is 2. The molecule has 150 valence electrons. The summed E-state index contributed by atoms with van der Waals surface area (Å²) in [4.78, 5) is 26.9. The molecule has 28 heavy (non-hydrogen) atoms. The molecule has 0 aliphatic carbocycles. The van der Waals surface area contributed by atoms with Gasteiger partial charge in [0.15, 0.2) is 6.61 Å². The van der Waals surface area contributed by atoms with Crippen molar-refractivity contribution in [2.24, 2.45) is 0 Å². The Morgan fingerprint density at radius 2 is 1.89 bits per heavy atom. The van der Waals surface area contributed by atoms with E-state index in [1.807, 2.05) is 48.2 Å². The lowest BCUT2D eigenvalue weighted by Crippen LogP contribution is -2.45. The molecule has 0 N–H and O–H groups in total. The van der Waals surface area contributed by atoms with Crippen LogP contribution in [0.3, 0.4) is 0 Å². The molecule has 5 nitrogen and oxygen atoms in total. The highest BCUT2D eigenvalue weighted by atomic mass is 16.5. The monoisotopic (exact) mass is 383 g/mol. The number of piperidine rings is 1. The van der Waals surface area contributed by atoms with Gasteiger partial charge in [0.25, 0.3) is 5.91 Å². The number of fused-ring (bicyclic) bond motifs is 1. The summed E-state index contributed by atoms with van der Waals surface area (Å²) in [5.41, 5.74) is 0.875. The van der Waals surface area contributed by atoms with Crippen molar-refractivity contribution in [3.63, 3.8) is 0 Å². The van der Waals surface area contributed by atoms with Gasteiger partial charge in [-0.15, -0.1) is 0 Å². The highest BCUT2D eigenvalue weighted by Crippen LogP contribution is 2.26. The van der Waals surface area contributed by atoms with Gasteiger partial charge in [0.2, 0.25) is 0 Å². The van der Waals surface area contributed by atoms with Crippen LogP contribution in [0.5, 0.6) is 5.75 Å². The fraction of sp³-hybridized carbons (Fsp3) is 0.478. The third-order valence-electron chi connectivity index (χ3n) is 5.68. The van der Waals surface area contributed by atoms with Gasteiger partial charge in [-0.05, 0) is 61.1 Å². The lowest BCUT2D eigenvalue weighted by atomic mass is 9.98. The Morgan fingerprint density at radius 1 is 1.14 bits per heavy atom. The van der Waals surface area contributed by atoms with E-state index < -0.39 is 5.92 Å². The summed E-state index contributed by atoms with van der Waals surface area (Å²) in [5, 5.41) is 2.09. The van der Waals surface area contributed by atoms with Crippen LogP contribution in [0, 0.1) is 0 Å². The SMILES string of the molecule is CC[C@H]1CCCCN1C(=O)COC(=O)[C@@H](C)c1ccc2cc(OC)ccc2c1. The van der Waals surface area contributed by atoms with E-state index in [9.17, 15) is 9.59 Å². The second-order valence-corrected chi connectivity index (χ2v) is 7.45. The van der Waals surface area contributed by atoms with Crippen LogP contribution in [0.25, 0.3) is 10.8 Å². The Balaban J connectivity index is 1.62. The third-order valence-corrected chi connectivity index (χ3v) is 5.68. The Bertz CT molecular complexity index is 848. The maximum absolute atomic E-state index is 12.5. The van der Waals surface area contributed by atoms with Crippen LogP contribution in [-0.4, -0.2) is 43.1 Å². The standard InChI is InChI=1S/C23H29NO4/c1-4-20-7-5-6-12-24(20)22(25)15-28-23(26)16(2)17-8-9-19-14-21(27-3)11-10-18(19)13-17/h8-11,13-14,16,20H,4-7,12,15H2,1-3H3/t16-,20-/m0/s1. The molecule has 2 aromatic carbocycles. The Hall–Kier alpha value is -2.56. The summed E-state index contributed by atoms with van der Waals surface area (Å²) in [5.74, 6) is -0.0825. The van der Waals surface area contributed by atoms with Crippen molar-refractivity contribution in [3.05, 3.63) is 42.0 Å². The van der Waals surface area contributed by atoms with Crippen LogP contribution in [0.4, 0.5) is 0 Å².